The lowest BCUT2D eigenvalue weighted by Crippen LogP contribution is -2.36. The van der Waals surface area contributed by atoms with Gasteiger partial charge in [0.1, 0.15) is 5.58 Å². The Balaban J connectivity index is 1.78. The van der Waals surface area contributed by atoms with E-state index in [-0.39, 0.29) is 11.9 Å². The molecular weight excluding hydrogens is 346 g/mol. The Kier molecular flexibility index (Phi) is 4.73. The first-order chi connectivity index (χ1) is 12.6. The molecule has 0 radical (unpaired) electrons. The van der Waals surface area contributed by atoms with E-state index >= 15 is 0 Å². The first-order valence-corrected chi connectivity index (χ1v) is 9.59. The van der Waals surface area contributed by atoms with Crippen LogP contribution in [0.5, 0.6) is 0 Å². The van der Waals surface area contributed by atoms with E-state index in [0.29, 0.717) is 10.8 Å². The number of hydrogen-bond donors (Lipinski definition) is 1. The number of rotatable bonds is 3. The summed E-state index contributed by atoms with van der Waals surface area (Å²) in [4.78, 5) is 13.0. The van der Waals surface area contributed by atoms with Crippen LogP contribution in [-0.4, -0.2) is 11.9 Å². The van der Waals surface area contributed by atoms with Gasteiger partial charge in [-0.3, -0.25) is 4.79 Å². The highest BCUT2D eigenvalue weighted by atomic mass is 35.5. The van der Waals surface area contributed by atoms with E-state index < -0.39 is 0 Å². The Morgan fingerprint density at radius 3 is 2.54 bits per heavy atom. The number of carbonyl (C=O) groups excluding carboxylic acids is 1. The second kappa shape index (κ2) is 7.16. The van der Waals surface area contributed by atoms with E-state index in [1.54, 1.807) is 0 Å². The van der Waals surface area contributed by atoms with Gasteiger partial charge in [0.25, 0.3) is 5.91 Å². The van der Waals surface area contributed by atoms with Gasteiger partial charge in [-0.05, 0) is 49.6 Å². The molecule has 0 spiro atoms. The van der Waals surface area contributed by atoms with Crippen molar-refractivity contribution in [1.82, 2.24) is 5.32 Å². The van der Waals surface area contributed by atoms with Gasteiger partial charge in [0, 0.05) is 22.0 Å². The van der Waals surface area contributed by atoms with Crippen LogP contribution in [0.2, 0.25) is 5.02 Å². The Labute approximate surface area is 158 Å². The topological polar surface area (TPSA) is 42.2 Å². The molecule has 3 aromatic rings. The van der Waals surface area contributed by atoms with Crippen molar-refractivity contribution in [3.8, 4) is 11.1 Å². The SMILES string of the molecule is Cc1ccc2oc(C(=O)NC3CCCCC3)c(-c3ccc(Cl)cc3)c2c1. The molecule has 26 heavy (non-hydrogen) atoms. The van der Waals surface area contributed by atoms with Gasteiger partial charge >= 0.3 is 0 Å². The van der Waals surface area contributed by atoms with Crippen LogP contribution in [0.1, 0.15) is 48.2 Å². The van der Waals surface area contributed by atoms with E-state index in [0.717, 1.165) is 40.5 Å². The fourth-order valence-corrected chi connectivity index (χ4v) is 3.90. The van der Waals surface area contributed by atoms with Gasteiger partial charge in [-0.1, -0.05) is 54.6 Å². The number of amides is 1. The first-order valence-electron chi connectivity index (χ1n) is 9.22. The number of furan rings is 1. The maximum absolute atomic E-state index is 13.0. The molecule has 3 nitrogen and oxygen atoms in total. The van der Waals surface area contributed by atoms with Crippen molar-refractivity contribution in [2.45, 2.75) is 45.1 Å². The van der Waals surface area contributed by atoms with Gasteiger partial charge in [0.2, 0.25) is 5.76 Å². The molecule has 1 aliphatic rings. The molecule has 1 saturated carbocycles. The second-order valence-electron chi connectivity index (χ2n) is 7.12. The van der Waals surface area contributed by atoms with Gasteiger partial charge in [-0.15, -0.1) is 0 Å². The first kappa shape index (κ1) is 17.2. The van der Waals surface area contributed by atoms with E-state index in [1.165, 1.54) is 19.3 Å². The van der Waals surface area contributed by atoms with Crippen LogP contribution < -0.4 is 5.32 Å². The summed E-state index contributed by atoms with van der Waals surface area (Å²) in [7, 11) is 0. The lowest BCUT2D eigenvalue weighted by atomic mass is 9.95. The highest BCUT2D eigenvalue weighted by Gasteiger charge is 2.24. The smallest absolute Gasteiger partial charge is 0.287 e. The number of fused-ring (bicyclic) bond motifs is 1. The summed E-state index contributed by atoms with van der Waals surface area (Å²) in [5.41, 5.74) is 3.64. The summed E-state index contributed by atoms with van der Waals surface area (Å²) in [5.74, 6) is 0.259. The average molecular weight is 368 g/mol. The zero-order valence-corrected chi connectivity index (χ0v) is 15.6. The van der Waals surface area contributed by atoms with Crippen molar-refractivity contribution >= 4 is 28.5 Å². The molecule has 1 aromatic heterocycles. The normalized spacial score (nSPS) is 15.3. The van der Waals surface area contributed by atoms with Crippen molar-refractivity contribution in [1.29, 1.82) is 0 Å². The van der Waals surface area contributed by atoms with Gasteiger partial charge in [-0.2, -0.15) is 0 Å². The van der Waals surface area contributed by atoms with Crippen LogP contribution in [0, 0.1) is 6.92 Å². The number of aryl methyl sites for hydroxylation is 1. The molecule has 2 aromatic carbocycles. The predicted octanol–water partition coefficient (Wildman–Crippen LogP) is 6.12. The molecule has 1 heterocycles. The van der Waals surface area contributed by atoms with Crippen LogP contribution in [0.15, 0.2) is 46.9 Å². The molecule has 1 N–H and O–H groups in total. The lowest BCUT2D eigenvalue weighted by Gasteiger charge is -2.22. The molecule has 4 rings (SSSR count). The van der Waals surface area contributed by atoms with Gasteiger partial charge in [0.05, 0.1) is 0 Å². The van der Waals surface area contributed by atoms with E-state index in [2.05, 4.69) is 11.4 Å². The van der Waals surface area contributed by atoms with Crippen LogP contribution >= 0.6 is 11.6 Å². The van der Waals surface area contributed by atoms with Gasteiger partial charge in [0.15, 0.2) is 0 Å². The summed E-state index contributed by atoms with van der Waals surface area (Å²) in [6.07, 6.45) is 5.69. The summed E-state index contributed by atoms with van der Waals surface area (Å²) in [6.45, 7) is 2.04. The Morgan fingerprint density at radius 1 is 1.08 bits per heavy atom. The van der Waals surface area contributed by atoms with Crippen LogP contribution in [0.3, 0.4) is 0 Å². The minimum Gasteiger partial charge on any atom is -0.450 e. The third-order valence-electron chi connectivity index (χ3n) is 5.12. The maximum Gasteiger partial charge on any atom is 0.287 e. The number of hydrogen-bond acceptors (Lipinski definition) is 2. The van der Waals surface area contributed by atoms with Gasteiger partial charge in [-0.25, -0.2) is 0 Å². The second-order valence-corrected chi connectivity index (χ2v) is 7.56. The van der Waals surface area contributed by atoms with Crippen molar-refractivity contribution in [3.63, 3.8) is 0 Å². The summed E-state index contributed by atoms with van der Waals surface area (Å²) in [6, 6.07) is 13.8. The van der Waals surface area contributed by atoms with Gasteiger partial charge < -0.3 is 9.73 Å². The van der Waals surface area contributed by atoms with E-state index in [1.807, 2.05) is 43.3 Å². The summed E-state index contributed by atoms with van der Waals surface area (Å²) >= 11 is 6.04. The minimum absolute atomic E-state index is 0.129. The Morgan fingerprint density at radius 2 is 1.81 bits per heavy atom. The van der Waals surface area contributed by atoms with Crippen molar-refractivity contribution in [2.75, 3.05) is 0 Å². The standard InChI is InChI=1S/C22H22ClNO2/c1-14-7-12-19-18(13-14)20(15-8-10-16(23)11-9-15)21(26-19)22(25)24-17-5-3-2-4-6-17/h7-13,17H,2-6H2,1H3,(H,24,25). The molecule has 1 aliphatic carbocycles. The monoisotopic (exact) mass is 367 g/mol. The number of nitrogens with one attached hydrogen (secondary N) is 1. The third-order valence-corrected chi connectivity index (χ3v) is 5.37. The summed E-state index contributed by atoms with van der Waals surface area (Å²) < 4.78 is 6.00. The maximum atomic E-state index is 13.0. The minimum atomic E-state index is -0.129. The van der Waals surface area contributed by atoms with E-state index in [9.17, 15) is 4.79 Å². The van der Waals surface area contributed by atoms with Crippen molar-refractivity contribution in [2.24, 2.45) is 0 Å². The number of carbonyl (C=O) groups is 1. The molecule has 0 aliphatic heterocycles. The third kappa shape index (κ3) is 3.36. The fraction of sp³-hybridized carbons (Fsp3) is 0.318. The Hall–Kier alpha value is -2.26. The van der Waals surface area contributed by atoms with Crippen molar-refractivity contribution < 1.29 is 9.21 Å². The zero-order valence-electron chi connectivity index (χ0n) is 14.8. The summed E-state index contributed by atoms with van der Waals surface area (Å²) in [5, 5.41) is 4.81. The highest BCUT2D eigenvalue weighted by molar-refractivity contribution is 6.30. The average Bonchev–Trinajstić information content (AvgIpc) is 3.02. The molecule has 4 heteroatoms. The molecule has 0 bridgehead atoms. The number of benzene rings is 2. The van der Waals surface area contributed by atoms with Crippen LogP contribution in [0.4, 0.5) is 0 Å². The molecule has 1 amide bonds. The van der Waals surface area contributed by atoms with E-state index in [4.69, 9.17) is 16.0 Å². The molecular formula is C22H22ClNO2. The highest BCUT2D eigenvalue weighted by Crippen LogP contribution is 2.36. The zero-order chi connectivity index (χ0) is 18.1. The van der Waals surface area contributed by atoms with Crippen molar-refractivity contribution in [3.05, 3.63) is 58.8 Å². The molecule has 0 atom stereocenters. The van der Waals surface area contributed by atoms with Crippen LogP contribution in [0.25, 0.3) is 22.1 Å². The molecule has 0 unspecified atom stereocenters. The number of halogens is 1. The molecule has 134 valence electrons. The fourth-order valence-electron chi connectivity index (χ4n) is 3.77. The lowest BCUT2D eigenvalue weighted by molar-refractivity contribution is 0.0902. The largest absolute Gasteiger partial charge is 0.450 e. The predicted molar refractivity (Wildman–Crippen MR) is 106 cm³/mol. The molecule has 1 fully saturated rings. The molecule has 0 saturated heterocycles. The van der Waals surface area contributed by atoms with Crippen LogP contribution in [-0.2, 0) is 0 Å². The quantitative estimate of drug-likeness (QED) is 0.605. The Bertz CT molecular complexity index is 937.